The number of ether oxygens (including phenoxy) is 1. The minimum atomic E-state index is -4.89. The molecule has 1 N–H and O–H groups in total. The van der Waals surface area contributed by atoms with Gasteiger partial charge in [0.05, 0.1) is 30.0 Å². The van der Waals surface area contributed by atoms with E-state index in [1.165, 1.54) is 57.7 Å². The molecule has 3 aromatic heterocycles. The smallest absolute Gasteiger partial charge is 0.406 e. The summed E-state index contributed by atoms with van der Waals surface area (Å²) in [7, 11) is 0. The van der Waals surface area contributed by atoms with Crippen molar-refractivity contribution in [3.8, 4) is 17.1 Å². The lowest BCUT2D eigenvalue weighted by atomic mass is 10.0. The van der Waals surface area contributed by atoms with Gasteiger partial charge in [-0.05, 0) is 66.4 Å². The van der Waals surface area contributed by atoms with Gasteiger partial charge in [-0.25, -0.2) is 23.1 Å². The van der Waals surface area contributed by atoms with Gasteiger partial charge in [-0.3, -0.25) is 14.6 Å². The molecule has 0 saturated heterocycles. The van der Waals surface area contributed by atoms with Crippen LogP contribution in [0.15, 0.2) is 79.1 Å². The molecule has 0 spiro atoms. The lowest BCUT2D eigenvalue weighted by Gasteiger charge is -2.27. The summed E-state index contributed by atoms with van der Waals surface area (Å²) in [6.07, 6.45) is -2.19. The van der Waals surface area contributed by atoms with Crippen LogP contribution >= 0.6 is 23.2 Å². The summed E-state index contributed by atoms with van der Waals surface area (Å²) >= 11 is 13.0. The maximum atomic E-state index is 15.8. The minimum Gasteiger partial charge on any atom is -0.406 e. The molecular formula is C36H25Cl2F5N8O3. The van der Waals surface area contributed by atoms with Crippen LogP contribution in [0.5, 0.6) is 5.75 Å². The van der Waals surface area contributed by atoms with Gasteiger partial charge in [0.25, 0.3) is 11.8 Å². The zero-order valence-electron chi connectivity index (χ0n) is 27.8. The number of anilines is 2. The Hall–Kier alpha value is -5.87. The van der Waals surface area contributed by atoms with Gasteiger partial charge in [-0.2, -0.15) is 5.10 Å². The molecule has 0 unspecified atom stereocenters. The van der Waals surface area contributed by atoms with E-state index in [0.29, 0.717) is 11.1 Å². The van der Waals surface area contributed by atoms with Crippen molar-refractivity contribution in [3.63, 3.8) is 0 Å². The minimum absolute atomic E-state index is 0.00600. The van der Waals surface area contributed by atoms with Gasteiger partial charge in [0.1, 0.15) is 16.7 Å². The predicted octanol–water partition coefficient (Wildman–Crippen LogP) is 7.88. The Balaban J connectivity index is 1.21. The summed E-state index contributed by atoms with van der Waals surface area (Å²) in [5.74, 6) is -3.55. The van der Waals surface area contributed by atoms with Crippen LogP contribution in [0.25, 0.3) is 11.4 Å². The van der Waals surface area contributed by atoms with Crippen LogP contribution in [0.2, 0.25) is 10.2 Å². The lowest BCUT2D eigenvalue weighted by molar-refractivity contribution is -0.274. The molecule has 2 amide bonds. The molecule has 1 aliphatic heterocycles. The zero-order valence-corrected chi connectivity index (χ0v) is 29.3. The van der Waals surface area contributed by atoms with Crippen LogP contribution in [0.1, 0.15) is 43.4 Å². The number of carbonyl (C=O) groups is 2. The summed E-state index contributed by atoms with van der Waals surface area (Å²) in [4.78, 5) is 36.7. The van der Waals surface area contributed by atoms with Gasteiger partial charge in [-0.1, -0.05) is 53.5 Å². The normalized spacial score (nSPS) is 12.9. The molecule has 0 atom stereocenters. The van der Waals surface area contributed by atoms with Crippen molar-refractivity contribution in [3.05, 3.63) is 135 Å². The SMILES string of the molecule is Cc1cc(NC(=O)c2nc(-c3cc(Cl)c(F)c(N4CCc5c(nn(Cc6cncc(F)c6)c5Cl)C4=O)c3)n(Cc3ccccc3)n2)ccc1OC(F)(F)F. The van der Waals surface area contributed by atoms with E-state index in [9.17, 15) is 27.2 Å². The average molecular weight is 784 g/mol. The number of rotatable bonds is 9. The molecule has 11 nitrogen and oxygen atoms in total. The number of hydrogen-bond donors (Lipinski definition) is 1. The van der Waals surface area contributed by atoms with Gasteiger partial charge in [-0.15, -0.1) is 18.3 Å². The van der Waals surface area contributed by atoms with Crippen molar-refractivity contribution >= 4 is 46.4 Å². The number of carbonyl (C=O) groups excluding carboxylic acids is 2. The van der Waals surface area contributed by atoms with Gasteiger partial charge >= 0.3 is 6.36 Å². The number of alkyl halides is 3. The van der Waals surface area contributed by atoms with Crippen molar-refractivity contribution in [2.45, 2.75) is 32.8 Å². The third-order valence-corrected chi connectivity index (χ3v) is 9.07. The van der Waals surface area contributed by atoms with E-state index in [4.69, 9.17) is 23.2 Å². The molecule has 1 aliphatic rings. The first-order valence-electron chi connectivity index (χ1n) is 16.1. The van der Waals surface area contributed by atoms with Crippen LogP contribution in [0.4, 0.5) is 33.3 Å². The molecule has 6 aromatic rings. The molecule has 3 aromatic carbocycles. The number of halogens is 7. The molecule has 0 saturated carbocycles. The molecule has 4 heterocycles. The number of pyridine rings is 1. The zero-order chi connectivity index (χ0) is 38.3. The van der Waals surface area contributed by atoms with E-state index in [1.54, 1.807) is 12.1 Å². The highest BCUT2D eigenvalue weighted by molar-refractivity contribution is 6.32. The summed E-state index contributed by atoms with van der Waals surface area (Å²) in [5.41, 5.74) is 1.95. The molecule has 0 fully saturated rings. The molecule has 18 heteroatoms. The van der Waals surface area contributed by atoms with Crippen molar-refractivity contribution in [1.29, 1.82) is 0 Å². The van der Waals surface area contributed by atoms with E-state index in [-0.39, 0.29) is 76.1 Å². The Morgan fingerprint density at radius 1 is 0.944 bits per heavy atom. The van der Waals surface area contributed by atoms with Gasteiger partial charge < -0.3 is 15.0 Å². The maximum absolute atomic E-state index is 15.8. The number of aromatic nitrogens is 6. The number of amides is 2. The largest absolute Gasteiger partial charge is 0.573 e. The number of hydrogen-bond acceptors (Lipinski definition) is 7. The number of aryl methyl sites for hydroxylation is 1. The van der Waals surface area contributed by atoms with Crippen LogP contribution in [0.3, 0.4) is 0 Å². The van der Waals surface area contributed by atoms with Crippen molar-refractivity contribution in [1.82, 2.24) is 29.5 Å². The number of nitrogens with zero attached hydrogens (tertiary/aromatic N) is 7. The third kappa shape index (κ3) is 7.61. The average Bonchev–Trinajstić information content (AvgIpc) is 3.68. The van der Waals surface area contributed by atoms with Crippen LogP contribution in [0, 0.1) is 18.6 Å². The van der Waals surface area contributed by atoms with Gasteiger partial charge in [0.15, 0.2) is 17.3 Å². The second kappa shape index (κ2) is 14.5. The fourth-order valence-electron chi connectivity index (χ4n) is 5.95. The second-order valence-corrected chi connectivity index (χ2v) is 12.9. The lowest BCUT2D eigenvalue weighted by Crippen LogP contribution is -2.38. The van der Waals surface area contributed by atoms with E-state index >= 15 is 4.39 Å². The van der Waals surface area contributed by atoms with E-state index in [0.717, 1.165) is 17.8 Å². The van der Waals surface area contributed by atoms with E-state index in [2.05, 4.69) is 30.2 Å². The first kappa shape index (κ1) is 36.5. The number of nitrogens with one attached hydrogen (secondary N) is 1. The van der Waals surface area contributed by atoms with Crippen molar-refractivity contribution in [2.24, 2.45) is 0 Å². The summed E-state index contributed by atoms with van der Waals surface area (Å²) in [5, 5.41) is 11.2. The summed E-state index contributed by atoms with van der Waals surface area (Å²) in [6, 6.07) is 16.6. The number of benzene rings is 3. The Morgan fingerprint density at radius 2 is 1.70 bits per heavy atom. The highest BCUT2D eigenvalue weighted by atomic mass is 35.5. The Morgan fingerprint density at radius 3 is 2.43 bits per heavy atom. The molecule has 276 valence electrons. The molecule has 0 bridgehead atoms. The topological polar surface area (TPSA) is 120 Å². The molecule has 0 radical (unpaired) electrons. The van der Waals surface area contributed by atoms with Crippen LogP contribution in [-0.4, -0.2) is 54.3 Å². The monoisotopic (exact) mass is 782 g/mol. The van der Waals surface area contributed by atoms with Gasteiger partial charge in [0, 0.05) is 29.6 Å². The Labute approximate surface area is 312 Å². The molecular weight excluding hydrogens is 758 g/mol. The second-order valence-electron chi connectivity index (χ2n) is 12.2. The standard InChI is InChI=1S/C36H25Cl2F5N8O3/c1-19-11-24(7-8-28(19)54-36(41,42)43)45-34(52)32-46-33(51(48-32)17-20-5-3-2-4-6-20)22-13-26(37)29(40)27(14-22)49-10-9-25-30(35(49)53)47-50(31(25)38)18-21-12-23(39)16-44-15-21/h2-8,11-16H,9-10,17-18H2,1H3,(H,45,52). The van der Waals surface area contributed by atoms with Crippen molar-refractivity contribution in [2.75, 3.05) is 16.8 Å². The first-order valence-corrected chi connectivity index (χ1v) is 16.8. The Kier molecular flexibility index (Phi) is 9.81. The highest BCUT2D eigenvalue weighted by Gasteiger charge is 2.35. The highest BCUT2D eigenvalue weighted by Crippen LogP contribution is 2.36. The molecule has 7 rings (SSSR count). The molecule has 54 heavy (non-hydrogen) atoms. The predicted molar refractivity (Wildman–Crippen MR) is 188 cm³/mol. The fourth-order valence-corrected chi connectivity index (χ4v) is 6.44. The van der Waals surface area contributed by atoms with Crippen LogP contribution < -0.4 is 15.0 Å². The maximum Gasteiger partial charge on any atom is 0.573 e. The number of fused-ring (bicyclic) bond motifs is 1. The summed E-state index contributed by atoms with van der Waals surface area (Å²) in [6.45, 7) is 1.54. The van der Waals surface area contributed by atoms with Gasteiger partial charge in [0.2, 0.25) is 5.82 Å². The van der Waals surface area contributed by atoms with Crippen LogP contribution in [-0.2, 0) is 19.5 Å². The Bertz CT molecular complexity index is 2420. The quantitative estimate of drug-likeness (QED) is 0.148. The van der Waals surface area contributed by atoms with E-state index < -0.39 is 35.6 Å². The van der Waals surface area contributed by atoms with Crippen molar-refractivity contribution < 1.29 is 36.3 Å². The first-order chi connectivity index (χ1) is 25.7. The van der Waals surface area contributed by atoms with E-state index in [1.807, 2.05) is 18.2 Å². The summed E-state index contributed by atoms with van der Waals surface area (Å²) < 4.78 is 74.6. The third-order valence-electron chi connectivity index (χ3n) is 8.38. The fraction of sp³-hybridized carbons (Fsp3) is 0.167. The molecule has 0 aliphatic carbocycles.